The molecule has 3 rings (SSSR count). The van der Waals surface area contributed by atoms with Crippen LogP contribution in [0.25, 0.3) is 0 Å². The van der Waals surface area contributed by atoms with E-state index in [9.17, 15) is 0 Å². The van der Waals surface area contributed by atoms with E-state index in [0.29, 0.717) is 5.66 Å². The molecule has 6 heteroatoms. The van der Waals surface area contributed by atoms with Crippen molar-refractivity contribution in [1.29, 1.82) is 0 Å². The molecular formula is C23H30O4P2. The van der Waals surface area contributed by atoms with Crippen molar-refractivity contribution in [3.63, 3.8) is 0 Å². The molecule has 0 aliphatic heterocycles. The van der Waals surface area contributed by atoms with Crippen molar-refractivity contribution in [3.05, 3.63) is 91.0 Å². The van der Waals surface area contributed by atoms with Gasteiger partial charge in [0.25, 0.3) is 0 Å². The molecule has 0 bridgehead atoms. The average Bonchev–Trinajstić information content (AvgIpc) is 2.73. The van der Waals surface area contributed by atoms with Crippen LogP contribution >= 0.6 is 15.1 Å². The Bertz CT molecular complexity index is 787. The standard InChI is InChI=1S/C23H27P.H3O4P/c1-3-20(4-2)24(21-14-8-5-9-15-21,22-16-10-6-11-17-22)23-18-12-7-13-19-23;1-5(2,3)4/h5-20,24H,3-4H2,1-2H3;(H3,1,2,3,4). The maximum atomic E-state index is 8.88. The molecule has 0 heterocycles. The van der Waals surface area contributed by atoms with E-state index in [-0.39, 0.29) is 0 Å². The second-order valence-corrected chi connectivity index (χ2v) is 12.1. The van der Waals surface area contributed by atoms with Gasteiger partial charge in [0.1, 0.15) is 0 Å². The Morgan fingerprint density at radius 1 is 0.655 bits per heavy atom. The van der Waals surface area contributed by atoms with Crippen LogP contribution in [0.1, 0.15) is 26.7 Å². The monoisotopic (exact) mass is 432 g/mol. The normalized spacial score (nSPS) is 12.2. The van der Waals surface area contributed by atoms with Crippen LogP contribution in [0, 0.1) is 0 Å². The van der Waals surface area contributed by atoms with Gasteiger partial charge in [0.2, 0.25) is 0 Å². The first-order valence-electron chi connectivity index (χ1n) is 9.78. The van der Waals surface area contributed by atoms with Crippen molar-refractivity contribution in [2.75, 3.05) is 0 Å². The van der Waals surface area contributed by atoms with E-state index < -0.39 is 15.1 Å². The van der Waals surface area contributed by atoms with Gasteiger partial charge in [-0.2, -0.15) is 0 Å². The van der Waals surface area contributed by atoms with E-state index in [2.05, 4.69) is 105 Å². The van der Waals surface area contributed by atoms with E-state index in [1.54, 1.807) is 0 Å². The van der Waals surface area contributed by atoms with Gasteiger partial charge in [0.15, 0.2) is 0 Å². The van der Waals surface area contributed by atoms with Crippen LogP contribution in [0.15, 0.2) is 91.0 Å². The maximum Gasteiger partial charge on any atom is 0.466 e. The Labute approximate surface area is 173 Å². The van der Waals surface area contributed by atoms with E-state index in [1.807, 2.05) is 0 Å². The van der Waals surface area contributed by atoms with Gasteiger partial charge in [0.05, 0.1) is 0 Å². The van der Waals surface area contributed by atoms with Gasteiger partial charge in [0, 0.05) is 0 Å². The third-order valence-electron chi connectivity index (χ3n) is 5.29. The third kappa shape index (κ3) is 6.09. The Balaban J connectivity index is 0.000000537. The van der Waals surface area contributed by atoms with Gasteiger partial charge in [-0.15, -0.1) is 0 Å². The molecule has 0 atom stereocenters. The van der Waals surface area contributed by atoms with Gasteiger partial charge in [-0.25, -0.2) is 4.57 Å². The van der Waals surface area contributed by atoms with E-state index in [4.69, 9.17) is 19.2 Å². The van der Waals surface area contributed by atoms with Crippen molar-refractivity contribution in [2.45, 2.75) is 32.3 Å². The summed E-state index contributed by atoms with van der Waals surface area (Å²) in [5.41, 5.74) is 0.685. The van der Waals surface area contributed by atoms with Crippen molar-refractivity contribution in [3.8, 4) is 0 Å². The molecule has 0 aliphatic rings. The second-order valence-electron chi connectivity index (χ2n) is 6.93. The maximum absolute atomic E-state index is 8.88. The first-order valence-corrected chi connectivity index (χ1v) is 13.4. The fourth-order valence-corrected chi connectivity index (χ4v) is 10.0. The number of hydrogen-bond donors (Lipinski definition) is 3. The van der Waals surface area contributed by atoms with Crippen LogP contribution in [0.5, 0.6) is 0 Å². The summed E-state index contributed by atoms with van der Waals surface area (Å²) in [6.45, 7) is 4.70. The molecule has 3 N–H and O–H groups in total. The zero-order valence-corrected chi connectivity index (χ0v) is 18.7. The van der Waals surface area contributed by atoms with Crippen LogP contribution in [0.4, 0.5) is 0 Å². The van der Waals surface area contributed by atoms with Crippen LogP contribution in [0.3, 0.4) is 0 Å². The number of benzene rings is 3. The minimum Gasteiger partial charge on any atom is -0.303 e. The van der Waals surface area contributed by atoms with Crippen molar-refractivity contribution in [1.82, 2.24) is 0 Å². The molecule has 29 heavy (non-hydrogen) atoms. The quantitative estimate of drug-likeness (QED) is 0.515. The smallest absolute Gasteiger partial charge is 0.303 e. The Kier molecular flexibility index (Phi) is 8.77. The van der Waals surface area contributed by atoms with Gasteiger partial charge in [-0.05, 0) is 0 Å². The topological polar surface area (TPSA) is 77.8 Å². The van der Waals surface area contributed by atoms with E-state index in [0.717, 1.165) is 0 Å². The molecule has 4 nitrogen and oxygen atoms in total. The minimum absolute atomic E-state index is 0.685. The molecule has 3 aromatic rings. The molecule has 0 aliphatic carbocycles. The van der Waals surface area contributed by atoms with Crippen LogP contribution in [-0.2, 0) is 4.57 Å². The first-order chi connectivity index (χ1) is 13.8. The summed E-state index contributed by atoms with van der Waals surface area (Å²) < 4.78 is 8.88. The predicted molar refractivity (Wildman–Crippen MR) is 125 cm³/mol. The molecule has 0 unspecified atom stereocenters. The molecule has 0 aromatic heterocycles. The van der Waals surface area contributed by atoms with Crippen LogP contribution < -0.4 is 15.9 Å². The molecule has 3 aromatic carbocycles. The van der Waals surface area contributed by atoms with E-state index >= 15 is 0 Å². The summed E-state index contributed by atoms with van der Waals surface area (Å²) in [6, 6.07) is 33.7. The molecule has 156 valence electrons. The molecule has 0 saturated carbocycles. The third-order valence-corrected chi connectivity index (χ3v) is 11.1. The largest absolute Gasteiger partial charge is 0.466 e. The fourth-order valence-electron chi connectivity index (χ4n) is 4.21. The molecule has 0 radical (unpaired) electrons. The SMILES string of the molecule is CCC(CC)[PH](c1ccccc1)(c1ccccc1)c1ccccc1.O=P(O)(O)O. The summed E-state index contributed by atoms with van der Waals surface area (Å²) in [5.74, 6) is 0. The zero-order chi connectivity index (χ0) is 21.3. The van der Waals surface area contributed by atoms with Gasteiger partial charge in [-0.3, -0.25) is 0 Å². The first kappa shape index (κ1) is 23.5. The Hall–Kier alpha value is -1.80. The van der Waals surface area contributed by atoms with Crippen molar-refractivity contribution >= 4 is 31.0 Å². The fraction of sp³-hybridized carbons (Fsp3) is 0.217. The number of phosphoric acid groups is 1. The van der Waals surface area contributed by atoms with Gasteiger partial charge < -0.3 is 14.7 Å². The molecular weight excluding hydrogens is 402 g/mol. The van der Waals surface area contributed by atoms with E-state index in [1.165, 1.54) is 28.8 Å². The molecule has 0 fully saturated rings. The number of rotatable bonds is 6. The van der Waals surface area contributed by atoms with Crippen LogP contribution in [-0.4, -0.2) is 20.3 Å². The summed E-state index contributed by atoms with van der Waals surface area (Å²) in [7, 11) is -6.69. The van der Waals surface area contributed by atoms with Crippen molar-refractivity contribution < 1.29 is 19.2 Å². The summed E-state index contributed by atoms with van der Waals surface area (Å²) in [4.78, 5) is 21.6. The minimum atomic E-state index is -4.64. The van der Waals surface area contributed by atoms with Crippen molar-refractivity contribution in [2.24, 2.45) is 0 Å². The average molecular weight is 432 g/mol. The molecule has 0 saturated heterocycles. The van der Waals surface area contributed by atoms with Gasteiger partial charge in [-0.1, -0.05) is 0 Å². The summed E-state index contributed by atoms with van der Waals surface area (Å²) in [6.07, 6.45) is 2.42. The predicted octanol–water partition coefficient (Wildman–Crippen LogP) is 3.97. The molecule has 0 spiro atoms. The number of hydrogen-bond acceptors (Lipinski definition) is 1. The summed E-state index contributed by atoms with van der Waals surface area (Å²) in [5, 5.41) is 4.57. The second kappa shape index (κ2) is 10.8. The zero-order valence-electron chi connectivity index (χ0n) is 16.8. The Morgan fingerprint density at radius 2 is 0.897 bits per heavy atom. The van der Waals surface area contributed by atoms with Crippen LogP contribution in [0.2, 0.25) is 0 Å². The van der Waals surface area contributed by atoms with Gasteiger partial charge >= 0.3 is 154 Å². The molecule has 0 amide bonds. The summed E-state index contributed by atoms with van der Waals surface area (Å²) >= 11 is 0. The Morgan fingerprint density at radius 3 is 1.10 bits per heavy atom.